The zero-order valence-electron chi connectivity index (χ0n) is 11.7. The second-order valence-electron chi connectivity index (χ2n) is 4.59. The lowest BCUT2D eigenvalue weighted by atomic mass is 9.71. The topological polar surface area (TPSA) is 57.1 Å². The maximum absolute atomic E-state index is 14.1. The molecular formula is C14H16FNO4. The Morgan fingerprint density at radius 1 is 1.20 bits per heavy atom. The number of hydrogen-bond acceptors (Lipinski definition) is 5. The monoisotopic (exact) mass is 281 g/mol. The molecule has 0 aromatic heterocycles. The summed E-state index contributed by atoms with van der Waals surface area (Å²) in [4.78, 5) is 14.6. The van der Waals surface area contributed by atoms with Crippen molar-refractivity contribution in [3.8, 4) is 17.2 Å². The highest BCUT2D eigenvalue weighted by Gasteiger charge is 2.45. The maximum atomic E-state index is 14.1. The van der Waals surface area contributed by atoms with Crippen LogP contribution in [0, 0.1) is 5.82 Å². The van der Waals surface area contributed by atoms with Crippen molar-refractivity contribution >= 4 is 6.08 Å². The van der Waals surface area contributed by atoms with E-state index in [0.717, 1.165) is 6.42 Å². The second kappa shape index (κ2) is 5.51. The van der Waals surface area contributed by atoms with Gasteiger partial charge >= 0.3 is 0 Å². The summed E-state index contributed by atoms with van der Waals surface area (Å²) in [5, 5.41) is 0. The number of carbonyl (C=O) groups excluding carboxylic acids is 1. The van der Waals surface area contributed by atoms with Gasteiger partial charge in [-0.15, -0.1) is 0 Å². The summed E-state index contributed by atoms with van der Waals surface area (Å²) < 4.78 is 29.8. The first-order valence-corrected chi connectivity index (χ1v) is 6.21. The predicted octanol–water partition coefficient (Wildman–Crippen LogP) is 2.57. The molecule has 1 aliphatic carbocycles. The fraction of sp³-hybridized carbons (Fsp3) is 0.500. The van der Waals surface area contributed by atoms with Crippen LogP contribution in [-0.4, -0.2) is 27.4 Å². The number of methoxy groups -OCH3 is 3. The molecule has 0 spiro atoms. The third-order valence-electron chi connectivity index (χ3n) is 3.69. The summed E-state index contributed by atoms with van der Waals surface area (Å²) in [6.45, 7) is 0. The van der Waals surface area contributed by atoms with Gasteiger partial charge in [-0.2, -0.15) is 4.99 Å². The third kappa shape index (κ3) is 2.02. The average Bonchev–Trinajstić information content (AvgIpc) is 2.41. The molecule has 1 aliphatic rings. The molecular weight excluding hydrogens is 265 g/mol. The van der Waals surface area contributed by atoms with Gasteiger partial charge in [0, 0.05) is 6.07 Å². The first-order valence-electron chi connectivity index (χ1n) is 6.21. The van der Waals surface area contributed by atoms with Gasteiger partial charge < -0.3 is 14.2 Å². The number of hydrogen-bond donors (Lipinski definition) is 0. The molecule has 6 heteroatoms. The van der Waals surface area contributed by atoms with E-state index in [0.29, 0.717) is 24.2 Å². The number of halogens is 1. The quantitative estimate of drug-likeness (QED) is 0.615. The van der Waals surface area contributed by atoms with E-state index in [1.54, 1.807) is 6.08 Å². The van der Waals surface area contributed by atoms with Crippen LogP contribution in [0.2, 0.25) is 0 Å². The van der Waals surface area contributed by atoms with Gasteiger partial charge in [0.15, 0.2) is 23.1 Å². The summed E-state index contributed by atoms with van der Waals surface area (Å²) in [6.07, 6.45) is 3.68. The van der Waals surface area contributed by atoms with Gasteiger partial charge in [0.2, 0.25) is 6.08 Å². The molecule has 0 heterocycles. The molecule has 0 radical (unpaired) electrons. The van der Waals surface area contributed by atoms with E-state index in [1.165, 1.54) is 27.4 Å². The van der Waals surface area contributed by atoms with E-state index in [2.05, 4.69) is 4.99 Å². The standard InChI is InChI=1S/C14H16FNO4/c1-18-10-7-9(15)12(19-2)11(13(10)20-3)14(16-8-17)5-4-6-14/h7H,4-6H2,1-3H3. The summed E-state index contributed by atoms with van der Waals surface area (Å²) in [7, 11) is 4.24. The Morgan fingerprint density at radius 3 is 2.25 bits per heavy atom. The van der Waals surface area contributed by atoms with Crippen molar-refractivity contribution in [1.82, 2.24) is 0 Å². The van der Waals surface area contributed by atoms with E-state index < -0.39 is 11.4 Å². The molecule has 108 valence electrons. The largest absolute Gasteiger partial charge is 0.493 e. The van der Waals surface area contributed by atoms with E-state index in [1.807, 2.05) is 0 Å². The summed E-state index contributed by atoms with van der Waals surface area (Å²) in [5.41, 5.74) is -0.428. The van der Waals surface area contributed by atoms with Gasteiger partial charge in [0.25, 0.3) is 0 Å². The number of aliphatic imine (C=N–C) groups is 1. The van der Waals surface area contributed by atoms with Crippen LogP contribution in [0.5, 0.6) is 17.2 Å². The summed E-state index contributed by atoms with van der Waals surface area (Å²) in [5.74, 6) is 0.0338. The highest BCUT2D eigenvalue weighted by Crippen LogP contribution is 2.54. The molecule has 1 aromatic carbocycles. The van der Waals surface area contributed by atoms with Gasteiger partial charge in [0.05, 0.1) is 26.9 Å². The van der Waals surface area contributed by atoms with Crippen LogP contribution < -0.4 is 14.2 Å². The first-order chi connectivity index (χ1) is 9.63. The molecule has 0 N–H and O–H groups in total. The number of isocyanates is 1. The molecule has 20 heavy (non-hydrogen) atoms. The Labute approximate surface area is 116 Å². The molecule has 2 rings (SSSR count). The molecule has 0 atom stereocenters. The number of ether oxygens (including phenoxy) is 3. The van der Waals surface area contributed by atoms with Crippen LogP contribution in [-0.2, 0) is 10.3 Å². The Hall–Kier alpha value is -2.07. The van der Waals surface area contributed by atoms with E-state index in [9.17, 15) is 9.18 Å². The predicted molar refractivity (Wildman–Crippen MR) is 69.7 cm³/mol. The van der Waals surface area contributed by atoms with Crippen molar-refractivity contribution < 1.29 is 23.4 Å². The van der Waals surface area contributed by atoms with Crippen LogP contribution in [0.15, 0.2) is 11.1 Å². The molecule has 1 fully saturated rings. The first kappa shape index (κ1) is 14.3. The van der Waals surface area contributed by atoms with Crippen LogP contribution >= 0.6 is 0 Å². The average molecular weight is 281 g/mol. The lowest BCUT2D eigenvalue weighted by Gasteiger charge is -2.38. The molecule has 0 bridgehead atoms. The fourth-order valence-corrected chi connectivity index (χ4v) is 2.59. The van der Waals surface area contributed by atoms with Gasteiger partial charge in [-0.1, -0.05) is 0 Å². The fourth-order valence-electron chi connectivity index (χ4n) is 2.59. The molecule has 0 aliphatic heterocycles. The minimum Gasteiger partial charge on any atom is -0.493 e. The Morgan fingerprint density at radius 2 is 1.85 bits per heavy atom. The molecule has 0 saturated heterocycles. The normalized spacial score (nSPS) is 15.8. The molecule has 0 unspecified atom stereocenters. The number of rotatable bonds is 5. The number of benzene rings is 1. The van der Waals surface area contributed by atoms with E-state index in [4.69, 9.17) is 14.2 Å². The van der Waals surface area contributed by atoms with Gasteiger partial charge in [-0.25, -0.2) is 9.18 Å². The van der Waals surface area contributed by atoms with Crippen LogP contribution in [0.25, 0.3) is 0 Å². The maximum Gasteiger partial charge on any atom is 0.235 e. The molecule has 0 amide bonds. The minimum absolute atomic E-state index is 0.0290. The highest BCUT2D eigenvalue weighted by atomic mass is 19.1. The van der Waals surface area contributed by atoms with Crippen molar-refractivity contribution in [2.75, 3.05) is 21.3 Å². The van der Waals surface area contributed by atoms with Gasteiger partial charge in [-0.3, -0.25) is 0 Å². The van der Waals surface area contributed by atoms with Gasteiger partial charge in [0.1, 0.15) is 5.54 Å². The lowest BCUT2D eigenvalue weighted by molar-refractivity contribution is 0.229. The van der Waals surface area contributed by atoms with Crippen molar-refractivity contribution in [2.45, 2.75) is 24.8 Å². The Balaban J connectivity index is 2.77. The number of nitrogens with zero attached hydrogens (tertiary/aromatic N) is 1. The Kier molecular flexibility index (Phi) is 3.95. The van der Waals surface area contributed by atoms with E-state index in [-0.39, 0.29) is 11.5 Å². The third-order valence-corrected chi connectivity index (χ3v) is 3.69. The highest BCUT2D eigenvalue weighted by molar-refractivity contribution is 5.59. The van der Waals surface area contributed by atoms with Crippen molar-refractivity contribution in [3.63, 3.8) is 0 Å². The smallest absolute Gasteiger partial charge is 0.235 e. The van der Waals surface area contributed by atoms with Crippen molar-refractivity contribution in [2.24, 2.45) is 4.99 Å². The van der Waals surface area contributed by atoms with Crippen LogP contribution in [0.1, 0.15) is 24.8 Å². The van der Waals surface area contributed by atoms with E-state index >= 15 is 0 Å². The Bertz CT molecular complexity index is 563. The molecule has 1 aromatic rings. The lowest BCUT2D eigenvalue weighted by Crippen LogP contribution is -2.33. The second-order valence-corrected chi connectivity index (χ2v) is 4.59. The van der Waals surface area contributed by atoms with Crippen LogP contribution in [0.4, 0.5) is 4.39 Å². The van der Waals surface area contributed by atoms with Crippen LogP contribution in [0.3, 0.4) is 0 Å². The summed E-state index contributed by atoms with van der Waals surface area (Å²) >= 11 is 0. The zero-order valence-corrected chi connectivity index (χ0v) is 11.7. The van der Waals surface area contributed by atoms with Crippen molar-refractivity contribution in [1.29, 1.82) is 0 Å². The van der Waals surface area contributed by atoms with Crippen molar-refractivity contribution in [3.05, 3.63) is 17.4 Å². The summed E-state index contributed by atoms with van der Waals surface area (Å²) in [6, 6.07) is 1.19. The SMILES string of the molecule is COc1cc(F)c(OC)c(C2(N=C=O)CCC2)c1OC. The zero-order chi connectivity index (χ0) is 14.8. The minimum atomic E-state index is -0.839. The molecule has 5 nitrogen and oxygen atoms in total. The molecule has 1 saturated carbocycles. The van der Waals surface area contributed by atoms with Gasteiger partial charge in [-0.05, 0) is 19.3 Å².